The number of rotatable bonds is 1. The van der Waals surface area contributed by atoms with E-state index in [4.69, 9.17) is 10.2 Å². The minimum atomic E-state index is -1.11. The van der Waals surface area contributed by atoms with Crippen molar-refractivity contribution < 1.29 is 20.1 Å². The molecule has 1 aromatic carbocycles. The Morgan fingerprint density at radius 1 is 1.10 bits per heavy atom. The normalized spacial score (nSPS) is 24.4. The molecule has 0 radical (unpaired) electrons. The molecule has 0 aromatic heterocycles. The molecule has 1 aromatic rings. The summed E-state index contributed by atoms with van der Waals surface area (Å²) in [5, 5.41) is 27.2. The number of aliphatic hydroxyl groups is 1. The van der Waals surface area contributed by atoms with E-state index in [1.54, 1.807) is 12.1 Å². The predicted octanol–water partition coefficient (Wildman–Crippen LogP) is 3.43. The molecule has 4 heteroatoms. The molecule has 0 heterocycles. The molecule has 112 valence electrons. The van der Waals surface area contributed by atoms with Crippen LogP contribution in [0.1, 0.15) is 56.8 Å². The van der Waals surface area contributed by atoms with E-state index in [1.807, 2.05) is 6.92 Å². The third-order valence-corrected chi connectivity index (χ3v) is 4.31. The highest BCUT2D eigenvalue weighted by atomic mass is 16.4. The summed E-state index contributed by atoms with van der Waals surface area (Å²) < 4.78 is 0. The first kappa shape index (κ1) is 16.5. The third kappa shape index (κ3) is 3.97. The fraction of sp³-hybridized carbons (Fsp3) is 0.562. The van der Waals surface area contributed by atoms with Crippen LogP contribution in [0.25, 0.3) is 0 Å². The van der Waals surface area contributed by atoms with Crippen molar-refractivity contribution in [1.82, 2.24) is 0 Å². The first-order chi connectivity index (χ1) is 9.17. The van der Waals surface area contributed by atoms with Gasteiger partial charge in [0.15, 0.2) is 0 Å². The second-order valence-electron chi connectivity index (χ2n) is 6.19. The number of phenols is 1. The van der Waals surface area contributed by atoms with Gasteiger partial charge in [0.25, 0.3) is 0 Å². The van der Waals surface area contributed by atoms with Crippen LogP contribution in [0.4, 0.5) is 0 Å². The van der Waals surface area contributed by atoms with Crippen molar-refractivity contribution in [2.75, 3.05) is 0 Å². The molecule has 0 aliphatic heterocycles. The molecule has 1 atom stereocenters. The summed E-state index contributed by atoms with van der Waals surface area (Å²) in [4.78, 5) is 10.3. The van der Waals surface area contributed by atoms with Crippen molar-refractivity contribution in [2.24, 2.45) is 5.41 Å². The van der Waals surface area contributed by atoms with Gasteiger partial charge in [-0.25, -0.2) is 4.79 Å². The SMILES string of the molecule is CC1(C)CCCCC1(C)O.O=C(O)c1ccccc1O. The number of para-hydroxylation sites is 1. The van der Waals surface area contributed by atoms with Crippen molar-refractivity contribution in [1.29, 1.82) is 0 Å². The van der Waals surface area contributed by atoms with Crippen molar-refractivity contribution >= 4 is 5.97 Å². The van der Waals surface area contributed by atoms with Crippen LogP contribution >= 0.6 is 0 Å². The van der Waals surface area contributed by atoms with Crippen LogP contribution < -0.4 is 0 Å². The molecular formula is C16H24O4. The van der Waals surface area contributed by atoms with E-state index in [9.17, 15) is 9.90 Å². The van der Waals surface area contributed by atoms with E-state index in [1.165, 1.54) is 31.4 Å². The van der Waals surface area contributed by atoms with E-state index in [0.717, 1.165) is 6.42 Å². The Balaban J connectivity index is 0.000000200. The van der Waals surface area contributed by atoms with E-state index in [-0.39, 0.29) is 16.7 Å². The number of benzene rings is 1. The molecule has 0 bridgehead atoms. The van der Waals surface area contributed by atoms with E-state index >= 15 is 0 Å². The van der Waals surface area contributed by atoms with Gasteiger partial charge in [0.1, 0.15) is 11.3 Å². The molecule has 1 saturated carbocycles. The summed E-state index contributed by atoms with van der Waals surface area (Å²) in [7, 11) is 0. The van der Waals surface area contributed by atoms with Gasteiger partial charge in [-0.15, -0.1) is 0 Å². The summed E-state index contributed by atoms with van der Waals surface area (Å²) in [5.74, 6) is -1.31. The molecule has 20 heavy (non-hydrogen) atoms. The summed E-state index contributed by atoms with van der Waals surface area (Å²) in [6.07, 6.45) is 4.61. The van der Waals surface area contributed by atoms with Crippen molar-refractivity contribution in [2.45, 2.75) is 52.1 Å². The highest BCUT2D eigenvalue weighted by Gasteiger charge is 2.40. The van der Waals surface area contributed by atoms with Gasteiger partial charge in [0, 0.05) is 0 Å². The number of aromatic hydroxyl groups is 1. The zero-order chi connectivity index (χ0) is 15.4. The fourth-order valence-electron chi connectivity index (χ4n) is 2.30. The van der Waals surface area contributed by atoms with Gasteiger partial charge in [-0.05, 0) is 37.3 Å². The highest BCUT2D eigenvalue weighted by molar-refractivity contribution is 5.90. The summed E-state index contributed by atoms with van der Waals surface area (Å²) in [6.45, 7) is 6.28. The number of carboxylic acids is 1. The Labute approximate surface area is 120 Å². The van der Waals surface area contributed by atoms with Crippen LogP contribution in [-0.4, -0.2) is 26.9 Å². The molecule has 2 rings (SSSR count). The second kappa shape index (κ2) is 6.27. The smallest absolute Gasteiger partial charge is 0.339 e. The molecule has 1 unspecified atom stereocenters. The largest absolute Gasteiger partial charge is 0.507 e. The molecule has 1 aliphatic carbocycles. The zero-order valence-corrected chi connectivity index (χ0v) is 12.4. The Morgan fingerprint density at radius 3 is 2.00 bits per heavy atom. The van der Waals surface area contributed by atoms with Gasteiger partial charge in [-0.1, -0.05) is 38.8 Å². The molecule has 0 spiro atoms. The maximum atomic E-state index is 10.3. The molecule has 3 N–H and O–H groups in total. The summed E-state index contributed by atoms with van der Waals surface area (Å²) in [5.41, 5.74) is -0.362. The number of hydrogen-bond acceptors (Lipinski definition) is 3. The lowest BCUT2D eigenvalue weighted by Crippen LogP contribution is -2.44. The van der Waals surface area contributed by atoms with E-state index in [2.05, 4.69) is 13.8 Å². The zero-order valence-electron chi connectivity index (χ0n) is 12.4. The van der Waals surface area contributed by atoms with Crippen LogP contribution in [0.2, 0.25) is 0 Å². The summed E-state index contributed by atoms with van der Waals surface area (Å²) in [6, 6.07) is 5.81. The van der Waals surface area contributed by atoms with Gasteiger partial charge in [0.2, 0.25) is 0 Å². The Morgan fingerprint density at radius 2 is 1.65 bits per heavy atom. The van der Waals surface area contributed by atoms with Gasteiger partial charge < -0.3 is 15.3 Å². The molecule has 1 fully saturated rings. The quantitative estimate of drug-likeness (QED) is 0.736. The number of hydrogen-bond donors (Lipinski definition) is 3. The monoisotopic (exact) mass is 280 g/mol. The highest BCUT2D eigenvalue weighted by Crippen LogP contribution is 2.43. The van der Waals surface area contributed by atoms with Gasteiger partial charge in [-0.3, -0.25) is 0 Å². The van der Waals surface area contributed by atoms with E-state index in [0.29, 0.717) is 0 Å². The van der Waals surface area contributed by atoms with Crippen molar-refractivity contribution in [3.05, 3.63) is 29.8 Å². The van der Waals surface area contributed by atoms with Crippen LogP contribution in [-0.2, 0) is 0 Å². The lowest BCUT2D eigenvalue weighted by Gasteiger charge is -2.44. The average Bonchev–Trinajstić information content (AvgIpc) is 2.34. The molecular weight excluding hydrogens is 256 g/mol. The first-order valence-electron chi connectivity index (χ1n) is 6.91. The van der Waals surface area contributed by atoms with Crippen LogP contribution in [0, 0.1) is 5.41 Å². The average molecular weight is 280 g/mol. The van der Waals surface area contributed by atoms with Crippen LogP contribution in [0.3, 0.4) is 0 Å². The molecule has 1 aliphatic rings. The third-order valence-electron chi connectivity index (χ3n) is 4.31. The number of carboxylic acid groups (broad SMARTS) is 1. The Kier molecular flexibility index (Phi) is 5.17. The van der Waals surface area contributed by atoms with Crippen molar-refractivity contribution in [3.8, 4) is 5.75 Å². The van der Waals surface area contributed by atoms with Gasteiger partial charge in [0.05, 0.1) is 5.60 Å². The number of aromatic carboxylic acids is 1. The minimum Gasteiger partial charge on any atom is -0.507 e. The Bertz CT molecular complexity index is 447. The van der Waals surface area contributed by atoms with Gasteiger partial charge in [-0.2, -0.15) is 0 Å². The lowest BCUT2D eigenvalue weighted by atomic mass is 9.66. The standard InChI is InChI=1S/C9H18O.C7H6O3/c1-8(2)6-4-5-7-9(8,3)10;8-6-4-2-1-3-5(6)7(9)10/h10H,4-7H2,1-3H3;1-4,8H,(H,9,10). The Hall–Kier alpha value is -1.55. The fourth-order valence-corrected chi connectivity index (χ4v) is 2.30. The van der Waals surface area contributed by atoms with Crippen molar-refractivity contribution in [3.63, 3.8) is 0 Å². The van der Waals surface area contributed by atoms with Crippen LogP contribution in [0.5, 0.6) is 5.75 Å². The summed E-state index contributed by atoms with van der Waals surface area (Å²) >= 11 is 0. The maximum absolute atomic E-state index is 10.3. The molecule has 0 amide bonds. The van der Waals surface area contributed by atoms with E-state index < -0.39 is 11.6 Å². The second-order valence-corrected chi connectivity index (χ2v) is 6.19. The molecule has 0 saturated heterocycles. The lowest BCUT2D eigenvalue weighted by molar-refractivity contribution is -0.0812. The topological polar surface area (TPSA) is 77.8 Å². The van der Waals surface area contributed by atoms with Crippen LogP contribution in [0.15, 0.2) is 24.3 Å². The minimum absolute atomic E-state index is 0.0671. The predicted molar refractivity (Wildman–Crippen MR) is 77.9 cm³/mol. The first-order valence-corrected chi connectivity index (χ1v) is 6.91. The number of carbonyl (C=O) groups is 1. The maximum Gasteiger partial charge on any atom is 0.339 e. The molecule has 4 nitrogen and oxygen atoms in total. The van der Waals surface area contributed by atoms with Gasteiger partial charge >= 0.3 is 5.97 Å².